The molecular formula is C11H19N5O2. The van der Waals surface area contributed by atoms with Crippen LogP contribution in [-0.2, 0) is 0 Å². The molecule has 0 atom stereocenters. The molecule has 0 saturated carbocycles. The molecule has 0 bridgehead atoms. The van der Waals surface area contributed by atoms with E-state index in [2.05, 4.69) is 9.97 Å². The van der Waals surface area contributed by atoms with Gasteiger partial charge in [-0.15, -0.1) is 0 Å². The van der Waals surface area contributed by atoms with Gasteiger partial charge in [0, 0.05) is 13.1 Å². The lowest BCUT2D eigenvalue weighted by molar-refractivity contribution is -0.385. The van der Waals surface area contributed by atoms with Gasteiger partial charge in [0.1, 0.15) is 5.69 Å². The number of hydrogen-bond acceptors (Lipinski definition) is 6. The molecule has 0 saturated heterocycles. The van der Waals surface area contributed by atoms with Crippen LogP contribution in [0.4, 0.5) is 17.5 Å². The number of nitrogen functional groups attached to an aromatic ring is 1. The number of aryl methyl sites for hydroxylation is 1. The molecule has 7 nitrogen and oxygen atoms in total. The summed E-state index contributed by atoms with van der Waals surface area (Å²) in [5.41, 5.74) is 5.84. The normalized spacial score (nSPS) is 10.4. The van der Waals surface area contributed by atoms with Gasteiger partial charge in [0.05, 0.1) is 4.92 Å². The topological polar surface area (TPSA) is 98.2 Å². The summed E-state index contributed by atoms with van der Waals surface area (Å²) in [6.07, 6.45) is 1.78. The Labute approximate surface area is 106 Å². The van der Waals surface area contributed by atoms with Gasteiger partial charge >= 0.3 is 5.69 Å². The first-order chi connectivity index (χ1) is 8.51. The second kappa shape index (κ2) is 6.13. The van der Waals surface area contributed by atoms with Crippen molar-refractivity contribution >= 4 is 17.5 Å². The van der Waals surface area contributed by atoms with Crippen molar-refractivity contribution in [2.45, 2.75) is 33.6 Å². The Balaban J connectivity index is 3.29. The van der Waals surface area contributed by atoms with Crippen molar-refractivity contribution in [3.63, 3.8) is 0 Å². The van der Waals surface area contributed by atoms with Gasteiger partial charge < -0.3 is 10.6 Å². The van der Waals surface area contributed by atoms with Crippen molar-refractivity contribution in [3.8, 4) is 0 Å². The van der Waals surface area contributed by atoms with E-state index in [9.17, 15) is 10.1 Å². The molecule has 0 aliphatic rings. The zero-order chi connectivity index (χ0) is 13.7. The zero-order valence-corrected chi connectivity index (χ0v) is 11.0. The second-order valence-corrected chi connectivity index (χ2v) is 4.08. The van der Waals surface area contributed by atoms with Gasteiger partial charge in [-0.05, 0) is 19.8 Å². The molecule has 100 valence electrons. The molecule has 0 amide bonds. The van der Waals surface area contributed by atoms with Crippen LogP contribution in [0.5, 0.6) is 0 Å². The first-order valence-corrected chi connectivity index (χ1v) is 6.04. The highest BCUT2D eigenvalue weighted by Gasteiger charge is 2.25. The lowest BCUT2D eigenvalue weighted by Gasteiger charge is -2.22. The van der Waals surface area contributed by atoms with E-state index in [0.29, 0.717) is 24.6 Å². The van der Waals surface area contributed by atoms with Crippen molar-refractivity contribution < 1.29 is 4.92 Å². The molecular weight excluding hydrogens is 234 g/mol. The predicted molar refractivity (Wildman–Crippen MR) is 70.6 cm³/mol. The largest absolute Gasteiger partial charge is 0.368 e. The molecule has 0 aliphatic carbocycles. The van der Waals surface area contributed by atoms with Crippen molar-refractivity contribution in [1.29, 1.82) is 0 Å². The Bertz CT molecular complexity index is 430. The Morgan fingerprint density at radius 1 is 1.28 bits per heavy atom. The quantitative estimate of drug-likeness (QED) is 0.614. The van der Waals surface area contributed by atoms with Gasteiger partial charge in [-0.2, -0.15) is 4.98 Å². The average Bonchev–Trinajstić information content (AvgIpc) is 2.26. The second-order valence-electron chi connectivity index (χ2n) is 4.08. The molecule has 0 fully saturated rings. The number of nitro groups is 1. The smallest absolute Gasteiger partial charge is 0.332 e. The molecule has 0 radical (unpaired) electrons. The average molecular weight is 253 g/mol. The maximum atomic E-state index is 11.1. The summed E-state index contributed by atoms with van der Waals surface area (Å²) < 4.78 is 0. The van der Waals surface area contributed by atoms with E-state index in [-0.39, 0.29) is 11.6 Å². The number of anilines is 2. The molecule has 7 heteroatoms. The first-order valence-electron chi connectivity index (χ1n) is 6.04. The van der Waals surface area contributed by atoms with E-state index in [1.54, 1.807) is 6.92 Å². The fourth-order valence-electron chi connectivity index (χ4n) is 1.87. The van der Waals surface area contributed by atoms with Crippen LogP contribution in [0.2, 0.25) is 0 Å². The molecule has 1 rings (SSSR count). The lowest BCUT2D eigenvalue weighted by atomic mass is 10.3. The van der Waals surface area contributed by atoms with Crippen molar-refractivity contribution in [3.05, 3.63) is 15.8 Å². The molecule has 0 unspecified atom stereocenters. The first kappa shape index (κ1) is 14.1. The SMILES string of the molecule is CCCN(CCC)c1nc(N)nc(C)c1[N+](=O)[O-]. The maximum Gasteiger partial charge on any atom is 0.332 e. The third-order valence-corrected chi connectivity index (χ3v) is 2.53. The number of aromatic nitrogens is 2. The van der Waals surface area contributed by atoms with Crippen LogP contribution in [0.1, 0.15) is 32.4 Å². The van der Waals surface area contributed by atoms with E-state index in [0.717, 1.165) is 12.8 Å². The lowest BCUT2D eigenvalue weighted by Crippen LogP contribution is -2.27. The van der Waals surface area contributed by atoms with Gasteiger partial charge in [-0.3, -0.25) is 10.1 Å². The van der Waals surface area contributed by atoms with Crippen molar-refractivity contribution in [1.82, 2.24) is 9.97 Å². The minimum Gasteiger partial charge on any atom is -0.368 e. The molecule has 0 spiro atoms. The molecule has 1 aromatic rings. The summed E-state index contributed by atoms with van der Waals surface area (Å²) in [4.78, 5) is 20.5. The van der Waals surface area contributed by atoms with E-state index >= 15 is 0 Å². The third-order valence-electron chi connectivity index (χ3n) is 2.53. The standard InChI is InChI=1S/C11H19N5O2/c1-4-6-15(7-5-2)10-9(16(17)18)8(3)13-11(12)14-10/h4-7H2,1-3H3,(H2,12,13,14). The minimum atomic E-state index is -0.442. The Hall–Kier alpha value is -1.92. The summed E-state index contributed by atoms with van der Waals surface area (Å²) in [5, 5.41) is 11.1. The molecule has 0 aliphatic heterocycles. The summed E-state index contributed by atoms with van der Waals surface area (Å²) in [5.74, 6) is 0.402. The highest BCUT2D eigenvalue weighted by atomic mass is 16.6. The molecule has 1 heterocycles. The van der Waals surface area contributed by atoms with Crippen molar-refractivity contribution in [2.24, 2.45) is 0 Å². The number of nitrogens with two attached hydrogens (primary N) is 1. The highest BCUT2D eigenvalue weighted by Crippen LogP contribution is 2.29. The molecule has 18 heavy (non-hydrogen) atoms. The fraction of sp³-hybridized carbons (Fsp3) is 0.636. The fourth-order valence-corrected chi connectivity index (χ4v) is 1.87. The number of nitrogens with zero attached hydrogens (tertiary/aromatic N) is 4. The van der Waals surface area contributed by atoms with E-state index in [1.165, 1.54) is 0 Å². The van der Waals surface area contributed by atoms with E-state index in [4.69, 9.17) is 5.73 Å². The van der Waals surface area contributed by atoms with Crippen LogP contribution >= 0.6 is 0 Å². The monoisotopic (exact) mass is 253 g/mol. The Morgan fingerprint density at radius 2 is 1.83 bits per heavy atom. The molecule has 2 N–H and O–H groups in total. The van der Waals surface area contributed by atoms with Crippen LogP contribution in [0.15, 0.2) is 0 Å². The van der Waals surface area contributed by atoms with Gasteiger partial charge in [-0.1, -0.05) is 13.8 Å². The van der Waals surface area contributed by atoms with Gasteiger partial charge in [0.15, 0.2) is 0 Å². The number of rotatable bonds is 6. The number of hydrogen-bond donors (Lipinski definition) is 1. The van der Waals surface area contributed by atoms with Crippen LogP contribution in [0.3, 0.4) is 0 Å². The van der Waals surface area contributed by atoms with Gasteiger partial charge in [0.25, 0.3) is 0 Å². The predicted octanol–water partition coefficient (Wildman–Crippen LogP) is 1.90. The summed E-state index contributed by atoms with van der Waals surface area (Å²) in [6.45, 7) is 7.04. The Morgan fingerprint density at radius 3 is 2.28 bits per heavy atom. The van der Waals surface area contributed by atoms with E-state index < -0.39 is 4.92 Å². The third kappa shape index (κ3) is 3.06. The summed E-state index contributed by atoms with van der Waals surface area (Å²) >= 11 is 0. The van der Waals surface area contributed by atoms with Gasteiger partial charge in [0.2, 0.25) is 11.8 Å². The van der Waals surface area contributed by atoms with Crippen molar-refractivity contribution in [2.75, 3.05) is 23.7 Å². The summed E-state index contributed by atoms with van der Waals surface area (Å²) in [7, 11) is 0. The van der Waals surface area contributed by atoms with Crippen LogP contribution in [-0.4, -0.2) is 28.0 Å². The molecule has 1 aromatic heterocycles. The maximum absolute atomic E-state index is 11.1. The van der Waals surface area contributed by atoms with Crippen LogP contribution in [0, 0.1) is 17.0 Å². The van der Waals surface area contributed by atoms with Crippen LogP contribution in [0.25, 0.3) is 0 Å². The highest BCUT2D eigenvalue weighted by molar-refractivity contribution is 5.61. The van der Waals surface area contributed by atoms with Crippen LogP contribution < -0.4 is 10.6 Å². The zero-order valence-electron chi connectivity index (χ0n) is 11.0. The Kier molecular flexibility index (Phi) is 4.82. The van der Waals surface area contributed by atoms with Gasteiger partial charge in [-0.25, -0.2) is 4.98 Å². The molecule has 0 aromatic carbocycles. The van der Waals surface area contributed by atoms with E-state index in [1.807, 2.05) is 18.7 Å². The minimum absolute atomic E-state index is 0.0499. The summed E-state index contributed by atoms with van der Waals surface area (Å²) in [6, 6.07) is 0.